The topological polar surface area (TPSA) is 64.1 Å². The van der Waals surface area contributed by atoms with Crippen molar-refractivity contribution < 1.29 is 9.53 Å². The molecule has 1 aromatic heterocycles. The van der Waals surface area contributed by atoms with Crippen LogP contribution in [0.15, 0.2) is 54.9 Å². The van der Waals surface area contributed by atoms with Crippen LogP contribution in [0.4, 0.5) is 11.5 Å². The summed E-state index contributed by atoms with van der Waals surface area (Å²) in [7, 11) is 0. The Morgan fingerprint density at radius 1 is 1.13 bits per heavy atom. The number of esters is 1. The average molecular weight is 330 g/mol. The van der Waals surface area contributed by atoms with Crippen LogP contribution >= 0.6 is 12.4 Å². The van der Waals surface area contributed by atoms with Gasteiger partial charge in [0, 0.05) is 11.1 Å². The zero-order valence-electron chi connectivity index (χ0n) is 12.5. The first-order valence-electron chi connectivity index (χ1n) is 7.02. The van der Waals surface area contributed by atoms with Gasteiger partial charge in [-0.1, -0.05) is 18.2 Å². The summed E-state index contributed by atoms with van der Waals surface area (Å²) in [4.78, 5) is 20.3. The maximum absolute atomic E-state index is 11.8. The molecule has 6 heteroatoms. The zero-order valence-corrected chi connectivity index (χ0v) is 13.3. The number of para-hydroxylation sites is 1. The molecule has 0 bridgehead atoms. The second-order valence-corrected chi connectivity index (χ2v) is 4.67. The van der Waals surface area contributed by atoms with Gasteiger partial charge >= 0.3 is 5.97 Å². The van der Waals surface area contributed by atoms with Crippen LogP contribution in [0.5, 0.6) is 0 Å². The third-order valence-corrected chi connectivity index (χ3v) is 3.18. The minimum absolute atomic E-state index is 0. The summed E-state index contributed by atoms with van der Waals surface area (Å²) >= 11 is 0. The van der Waals surface area contributed by atoms with E-state index >= 15 is 0 Å². The van der Waals surface area contributed by atoms with Crippen LogP contribution in [0.3, 0.4) is 0 Å². The van der Waals surface area contributed by atoms with Crippen LogP contribution in [-0.4, -0.2) is 22.5 Å². The van der Waals surface area contributed by atoms with Gasteiger partial charge in [-0.25, -0.2) is 14.8 Å². The van der Waals surface area contributed by atoms with E-state index in [1.807, 2.05) is 30.3 Å². The molecule has 0 saturated carbocycles. The van der Waals surface area contributed by atoms with Gasteiger partial charge in [0.25, 0.3) is 0 Å². The fraction of sp³-hybridized carbons (Fsp3) is 0.118. The molecule has 1 N–H and O–H groups in total. The molecular formula is C17H16ClN3O2. The lowest BCUT2D eigenvalue weighted by molar-refractivity contribution is 0.0526. The van der Waals surface area contributed by atoms with E-state index < -0.39 is 0 Å². The Labute approximate surface area is 140 Å². The van der Waals surface area contributed by atoms with E-state index in [1.54, 1.807) is 25.1 Å². The molecular weight excluding hydrogens is 314 g/mol. The predicted molar refractivity (Wildman–Crippen MR) is 92.5 cm³/mol. The van der Waals surface area contributed by atoms with Crippen molar-refractivity contribution >= 4 is 40.8 Å². The quantitative estimate of drug-likeness (QED) is 0.734. The molecule has 3 rings (SSSR count). The lowest BCUT2D eigenvalue weighted by atomic mass is 10.2. The number of benzene rings is 2. The minimum Gasteiger partial charge on any atom is -0.462 e. The monoisotopic (exact) mass is 329 g/mol. The van der Waals surface area contributed by atoms with Crippen LogP contribution < -0.4 is 5.32 Å². The third kappa shape index (κ3) is 3.76. The molecule has 23 heavy (non-hydrogen) atoms. The number of nitrogens with one attached hydrogen (secondary N) is 1. The summed E-state index contributed by atoms with van der Waals surface area (Å²) in [5.41, 5.74) is 2.14. The standard InChI is InChI=1S/C17H15N3O2.ClH/c1-2-22-17(21)12-6-5-7-13(10-12)20-16-14-8-3-4-9-15(14)18-11-19-16;/h3-11H,2H2,1H3,(H,18,19,20);1H. The highest BCUT2D eigenvalue weighted by atomic mass is 35.5. The fourth-order valence-electron chi connectivity index (χ4n) is 2.18. The molecule has 0 aliphatic heterocycles. The third-order valence-electron chi connectivity index (χ3n) is 3.18. The van der Waals surface area contributed by atoms with E-state index in [2.05, 4.69) is 15.3 Å². The average Bonchev–Trinajstić information content (AvgIpc) is 2.56. The highest BCUT2D eigenvalue weighted by Gasteiger charge is 2.08. The summed E-state index contributed by atoms with van der Waals surface area (Å²) in [5, 5.41) is 4.15. The van der Waals surface area contributed by atoms with E-state index in [4.69, 9.17) is 4.74 Å². The summed E-state index contributed by atoms with van der Waals surface area (Å²) in [6, 6.07) is 14.9. The van der Waals surface area contributed by atoms with Crippen LogP contribution in [0.2, 0.25) is 0 Å². The van der Waals surface area contributed by atoms with Gasteiger partial charge in [0.15, 0.2) is 0 Å². The number of nitrogens with zero attached hydrogens (tertiary/aromatic N) is 2. The number of ether oxygens (including phenoxy) is 1. The normalized spacial score (nSPS) is 9.96. The maximum Gasteiger partial charge on any atom is 0.338 e. The molecule has 1 heterocycles. The summed E-state index contributed by atoms with van der Waals surface area (Å²) in [6.07, 6.45) is 1.51. The van der Waals surface area contributed by atoms with Gasteiger partial charge < -0.3 is 10.1 Å². The first kappa shape index (κ1) is 16.7. The molecule has 0 saturated heterocycles. The lowest BCUT2D eigenvalue weighted by Crippen LogP contribution is -2.05. The van der Waals surface area contributed by atoms with Gasteiger partial charge in [0.2, 0.25) is 0 Å². The highest BCUT2D eigenvalue weighted by molar-refractivity contribution is 5.93. The number of carbonyl (C=O) groups excluding carboxylic acids is 1. The van der Waals surface area contributed by atoms with Crippen LogP contribution in [0, 0.1) is 0 Å². The predicted octanol–water partition coefficient (Wildman–Crippen LogP) is 3.97. The molecule has 0 radical (unpaired) electrons. The molecule has 0 atom stereocenters. The van der Waals surface area contributed by atoms with Crippen molar-refractivity contribution in [1.82, 2.24) is 9.97 Å². The number of rotatable bonds is 4. The van der Waals surface area contributed by atoms with E-state index in [0.29, 0.717) is 18.0 Å². The van der Waals surface area contributed by atoms with E-state index in [-0.39, 0.29) is 18.4 Å². The highest BCUT2D eigenvalue weighted by Crippen LogP contribution is 2.23. The Bertz CT molecular complexity index is 818. The van der Waals surface area contributed by atoms with E-state index in [0.717, 1.165) is 16.6 Å². The number of hydrogen-bond acceptors (Lipinski definition) is 5. The van der Waals surface area contributed by atoms with Crippen molar-refractivity contribution in [2.24, 2.45) is 0 Å². The second-order valence-electron chi connectivity index (χ2n) is 4.67. The summed E-state index contributed by atoms with van der Waals surface area (Å²) in [5.74, 6) is 0.366. The Kier molecular flexibility index (Phi) is 5.49. The molecule has 0 fully saturated rings. The van der Waals surface area contributed by atoms with Gasteiger partial charge in [0.1, 0.15) is 12.1 Å². The molecule has 0 unspecified atom stereocenters. The molecule has 0 aliphatic carbocycles. The minimum atomic E-state index is -0.335. The number of halogens is 1. The van der Waals surface area contributed by atoms with Crippen LogP contribution in [0.25, 0.3) is 10.9 Å². The molecule has 2 aromatic carbocycles. The Hall–Kier alpha value is -2.66. The van der Waals surface area contributed by atoms with Gasteiger partial charge in [-0.3, -0.25) is 0 Å². The number of anilines is 2. The number of fused-ring (bicyclic) bond motifs is 1. The van der Waals surface area contributed by atoms with Crippen molar-refractivity contribution in [3.05, 3.63) is 60.4 Å². The smallest absolute Gasteiger partial charge is 0.338 e. The van der Waals surface area contributed by atoms with Crippen molar-refractivity contribution in [2.75, 3.05) is 11.9 Å². The zero-order chi connectivity index (χ0) is 15.4. The Balaban J connectivity index is 0.00000192. The fourth-order valence-corrected chi connectivity index (χ4v) is 2.18. The lowest BCUT2D eigenvalue weighted by Gasteiger charge is -2.09. The van der Waals surface area contributed by atoms with Crippen LogP contribution in [-0.2, 0) is 4.74 Å². The first-order chi connectivity index (χ1) is 10.8. The summed E-state index contributed by atoms with van der Waals surface area (Å²) in [6.45, 7) is 2.14. The second kappa shape index (κ2) is 7.56. The Morgan fingerprint density at radius 2 is 1.96 bits per heavy atom. The Morgan fingerprint density at radius 3 is 2.78 bits per heavy atom. The van der Waals surface area contributed by atoms with Crippen molar-refractivity contribution in [2.45, 2.75) is 6.92 Å². The largest absolute Gasteiger partial charge is 0.462 e. The van der Waals surface area contributed by atoms with E-state index in [1.165, 1.54) is 6.33 Å². The molecule has 0 aliphatic rings. The van der Waals surface area contributed by atoms with Gasteiger partial charge in [0.05, 0.1) is 17.7 Å². The SMILES string of the molecule is CCOC(=O)c1cccc(Nc2ncnc3ccccc23)c1.Cl. The maximum atomic E-state index is 11.8. The van der Waals surface area contributed by atoms with Gasteiger partial charge in [-0.15, -0.1) is 12.4 Å². The number of hydrogen-bond donors (Lipinski definition) is 1. The molecule has 0 amide bonds. The first-order valence-corrected chi connectivity index (χ1v) is 7.02. The van der Waals surface area contributed by atoms with Crippen molar-refractivity contribution in [3.8, 4) is 0 Å². The molecule has 0 spiro atoms. The molecule has 118 valence electrons. The molecule has 3 aromatic rings. The summed E-state index contributed by atoms with van der Waals surface area (Å²) < 4.78 is 5.01. The van der Waals surface area contributed by atoms with Crippen molar-refractivity contribution in [1.29, 1.82) is 0 Å². The number of carbonyl (C=O) groups is 1. The number of aromatic nitrogens is 2. The van der Waals surface area contributed by atoms with Crippen LogP contribution in [0.1, 0.15) is 17.3 Å². The van der Waals surface area contributed by atoms with Crippen molar-refractivity contribution in [3.63, 3.8) is 0 Å². The molecule has 5 nitrogen and oxygen atoms in total. The van der Waals surface area contributed by atoms with E-state index in [9.17, 15) is 4.79 Å². The van der Waals surface area contributed by atoms with Gasteiger partial charge in [-0.2, -0.15) is 0 Å². The van der Waals surface area contributed by atoms with Gasteiger partial charge in [-0.05, 0) is 37.3 Å².